The molecule has 0 bridgehead atoms. The number of benzene rings is 1. The van der Waals surface area contributed by atoms with Gasteiger partial charge in [0, 0.05) is 17.3 Å². The molecule has 2 aromatic rings. The predicted octanol–water partition coefficient (Wildman–Crippen LogP) is 2.12. The summed E-state index contributed by atoms with van der Waals surface area (Å²) in [6.45, 7) is 1.61. The summed E-state index contributed by atoms with van der Waals surface area (Å²) in [4.78, 5) is 15.0. The van der Waals surface area contributed by atoms with Crippen LogP contribution in [0.4, 0.5) is 5.69 Å². The number of carboxylic acid groups (broad SMARTS) is 1. The number of aromatic nitrogens is 1. The lowest BCUT2D eigenvalue weighted by Crippen LogP contribution is -2.25. The first-order chi connectivity index (χ1) is 7.68. The highest BCUT2D eigenvalue weighted by atomic mass is 16.4. The lowest BCUT2D eigenvalue weighted by atomic mass is 10.2. The van der Waals surface area contributed by atoms with Crippen LogP contribution in [0.1, 0.15) is 6.92 Å². The quantitative estimate of drug-likeness (QED) is 0.824. The highest BCUT2D eigenvalue weighted by Gasteiger charge is 2.11. The zero-order chi connectivity index (χ0) is 11.5. The minimum atomic E-state index is -0.874. The Morgan fingerprint density at radius 3 is 2.88 bits per heavy atom. The molecule has 1 unspecified atom stereocenters. The molecule has 0 aliphatic carbocycles. The molecular formula is C12H12N2O2. The van der Waals surface area contributed by atoms with Gasteiger partial charge in [0.05, 0.1) is 5.52 Å². The van der Waals surface area contributed by atoms with Crippen molar-refractivity contribution >= 4 is 22.6 Å². The van der Waals surface area contributed by atoms with Gasteiger partial charge in [-0.25, -0.2) is 0 Å². The fourth-order valence-electron chi connectivity index (χ4n) is 1.52. The van der Waals surface area contributed by atoms with Crippen LogP contribution in [0.5, 0.6) is 0 Å². The summed E-state index contributed by atoms with van der Waals surface area (Å²) < 4.78 is 0. The Labute approximate surface area is 92.9 Å². The van der Waals surface area contributed by atoms with Gasteiger partial charge in [0.25, 0.3) is 0 Å². The SMILES string of the molecule is CC(Nc1ccnc2ccccc12)C(=O)O. The third-order valence-corrected chi connectivity index (χ3v) is 2.39. The van der Waals surface area contributed by atoms with E-state index in [2.05, 4.69) is 10.3 Å². The smallest absolute Gasteiger partial charge is 0.325 e. The van der Waals surface area contributed by atoms with Crippen LogP contribution in [0.3, 0.4) is 0 Å². The van der Waals surface area contributed by atoms with E-state index >= 15 is 0 Å². The lowest BCUT2D eigenvalue weighted by Gasteiger charge is -2.12. The number of aliphatic carboxylic acids is 1. The van der Waals surface area contributed by atoms with Gasteiger partial charge in [0.2, 0.25) is 0 Å². The maximum atomic E-state index is 10.8. The molecule has 1 heterocycles. The van der Waals surface area contributed by atoms with Crippen LogP contribution in [-0.4, -0.2) is 22.1 Å². The summed E-state index contributed by atoms with van der Waals surface area (Å²) in [5.74, 6) is -0.874. The average Bonchev–Trinajstić information content (AvgIpc) is 2.29. The summed E-state index contributed by atoms with van der Waals surface area (Å²) in [5.41, 5.74) is 1.64. The third-order valence-electron chi connectivity index (χ3n) is 2.39. The molecule has 0 aliphatic heterocycles. The summed E-state index contributed by atoms with van der Waals surface area (Å²) in [5, 5.41) is 12.7. The van der Waals surface area contributed by atoms with E-state index in [0.717, 1.165) is 16.6 Å². The Balaban J connectivity index is 2.41. The number of pyridine rings is 1. The number of anilines is 1. The summed E-state index contributed by atoms with van der Waals surface area (Å²) in [6.07, 6.45) is 1.67. The van der Waals surface area contributed by atoms with Gasteiger partial charge >= 0.3 is 5.97 Å². The Hall–Kier alpha value is -2.10. The summed E-state index contributed by atoms with van der Waals surface area (Å²) in [6, 6.07) is 8.78. The van der Waals surface area contributed by atoms with Crippen molar-refractivity contribution in [3.63, 3.8) is 0 Å². The number of rotatable bonds is 3. The summed E-state index contributed by atoms with van der Waals surface area (Å²) in [7, 11) is 0. The number of para-hydroxylation sites is 1. The molecule has 16 heavy (non-hydrogen) atoms. The number of fused-ring (bicyclic) bond motifs is 1. The molecule has 1 aromatic heterocycles. The van der Waals surface area contributed by atoms with E-state index < -0.39 is 12.0 Å². The molecule has 82 valence electrons. The van der Waals surface area contributed by atoms with Gasteiger partial charge in [-0.1, -0.05) is 18.2 Å². The van der Waals surface area contributed by atoms with E-state index in [-0.39, 0.29) is 0 Å². The maximum Gasteiger partial charge on any atom is 0.325 e. The molecule has 4 heteroatoms. The van der Waals surface area contributed by atoms with Gasteiger partial charge < -0.3 is 10.4 Å². The van der Waals surface area contributed by atoms with Gasteiger partial charge in [-0.15, -0.1) is 0 Å². The molecule has 0 fully saturated rings. The maximum absolute atomic E-state index is 10.8. The molecule has 0 saturated heterocycles. The Bertz CT molecular complexity index is 520. The number of carboxylic acids is 1. The number of carbonyl (C=O) groups is 1. The van der Waals surface area contributed by atoms with Crippen molar-refractivity contribution in [3.05, 3.63) is 36.5 Å². The minimum absolute atomic E-state index is 0.620. The molecule has 0 amide bonds. The summed E-state index contributed by atoms with van der Waals surface area (Å²) >= 11 is 0. The molecule has 2 N–H and O–H groups in total. The van der Waals surface area contributed by atoms with Crippen LogP contribution in [0.15, 0.2) is 36.5 Å². The average molecular weight is 216 g/mol. The van der Waals surface area contributed by atoms with Crippen molar-refractivity contribution in [2.75, 3.05) is 5.32 Å². The van der Waals surface area contributed by atoms with Crippen LogP contribution < -0.4 is 5.32 Å². The van der Waals surface area contributed by atoms with Gasteiger partial charge in [-0.3, -0.25) is 9.78 Å². The molecule has 1 aromatic carbocycles. The number of nitrogens with one attached hydrogen (secondary N) is 1. The van der Waals surface area contributed by atoms with Crippen LogP contribution in [0, 0.1) is 0 Å². The van der Waals surface area contributed by atoms with E-state index in [4.69, 9.17) is 5.11 Å². The lowest BCUT2D eigenvalue weighted by molar-refractivity contribution is -0.137. The van der Waals surface area contributed by atoms with Crippen LogP contribution in [0.2, 0.25) is 0 Å². The highest BCUT2D eigenvalue weighted by molar-refractivity contribution is 5.92. The van der Waals surface area contributed by atoms with Crippen LogP contribution in [-0.2, 0) is 4.79 Å². The fraction of sp³-hybridized carbons (Fsp3) is 0.167. The minimum Gasteiger partial charge on any atom is -0.480 e. The number of hydrogen-bond donors (Lipinski definition) is 2. The predicted molar refractivity (Wildman–Crippen MR) is 62.5 cm³/mol. The standard InChI is InChI=1S/C12H12N2O2/c1-8(12(15)16)14-11-6-7-13-10-5-3-2-4-9(10)11/h2-8H,1H3,(H,13,14)(H,15,16). The zero-order valence-corrected chi connectivity index (χ0v) is 8.84. The highest BCUT2D eigenvalue weighted by Crippen LogP contribution is 2.21. The molecular weight excluding hydrogens is 204 g/mol. The first-order valence-corrected chi connectivity index (χ1v) is 5.01. The van der Waals surface area contributed by atoms with Gasteiger partial charge in [0.1, 0.15) is 6.04 Å². The van der Waals surface area contributed by atoms with E-state index in [1.54, 1.807) is 19.2 Å². The first kappa shape index (κ1) is 10.4. The molecule has 4 nitrogen and oxygen atoms in total. The molecule has 0 saturated carbocycles. The van der Waals surface area contributed by atoms with E-state index in [0.29, 0.717) is 0 Å². The van der Waals surface area contributed by atoms with Crippen molar-refractivity contribution in [3.8, 4) is 0 Å². The van der Waals surface area contributed by atoms with Gasteiger partial charge in [-0.2, -0.15) is 0 Å². The monoisotopic (exact) mass is 216 g/mol. The second-order valence-electron chi connectivity index (χ2n) is 3.58. The van der Waals surface area contributed by atoms with E-state index in [1.807, 2.05) is 24.3 Å². The fourth-order valence-corrected chi connectivity index (χ4v) is 1.52. The van der Waals surface area contributed by atoms with Crippen molar-refractivity contribution in [1.82, 2.24) is 4.98 Å². The first-order valence-electron chi connectivity index (χ1n) is 5.01. The molecule has 0 radical (unpaired) electrons. The Morgan fingerprint density at radius 1 is 1.38 bits per heavy atom. The van der Waals surface area contributed by atoms with E-state index in [1.165, 1.54) is 0 Å². The second kappa shape index (κ2) is 4.18. The van der Waals surface area contributed by atoms with Crippen molar-refractivity contribution in [2.24, 2.45) is 0 Å². The van der Waals surface area contributed by atoms with Crippen LogP contribution in [0.25, 0.3) is 10.9 Å². The molecule has 0 spiro atoms. The molecule has 1 atom stereocenters. The molecule has 2 rings (SSSR count). The van der Waals surface area contributed by atoms with Crippen molar-refractivity contribution < 1.29 is 9.90 Å². The second-order valence-corrected chi connectivity index (χ2v) is 3.58. The Morgan fingerprint density at radius 2 is 2.12 bits per heavy atom. The number of nitrogens with zero attached hydrogens (tertiary/aromatic N) is 1. The van der Waals surface area contributed by atoms with Gasteiger partial charge in [0.15, 0.2) is 0 Å². The topological polar surface area (TPSA) is 62.2 Å². The van der Waals surface area contributed by atoms with Gasteiger partial charge in [-0.05, 0) is 19.1 Å². The third kappa shape index (κ3) is 1.95. The number of hydrogen-bond acceptors (Lipinski definition) is 3. The zero-order valence-electron chi connectivity index (χ0n) is 8.84. The van der Waals surface area contributed by atoms with Crippen LogP contribution >= 0.6 is 0 Å². The van der Waals surface area contributed by atoms with E-state index in [9.17, 15) is 4.79 Å². The Kier molecular flexibility index (Phi) is 2.72. The van der Waals surface area contributed by atoms with Crippen molar-refractivity contribution in [1.29, 1.82) is 0 Å². The normalized spacial score (nSPS) is 12.3. The largest absolute Gasteiger partial charge is 0.480 e. The van der Waals surface area contributed by atoms with Crippen molar-refractivity contribution in [2.45, 2.75) is 13.0 Å². The molecule has 0 aliphatic rings.